The summed E-state index contributed by atoms with van der Waals surface area (Å²) < 4.78 is 11.4. The molecule has 0 radical (unpaired) electrons. The third-order valence-corrected chi connectivity index (χ3v) is 5.96. The first-order valence-electron chi connectivity index (χ1n) is 10.4. The third kappa shape index (κ3) is 3.28. The van der Waals surface area contributed by atoms with Crippen molar-refractivity contribution in [2.75, 3.05) is 18.6 Å². The molecule has 2 heterocycles. The van der Waals surface area contributed by atoms with Crippen LogP contribution in [0.4, 0.5) is 5.69 Å². The van der Waals surface area contributed by atoms with Crippen molar-refractivity contribution in [1.29, 1.82) is 0 Å². The second-order valence-electron chi connectivity index (χ2n) is 8.66. The lowest BCUT2D eigenvalue weighted by atomic mass is 9.89. The first kappa shape index (κ1) is 19.4. The van der Waals surface area contributed by atoms with Crippen molar-refractivity contribution in [3.05, 3.63) is 65.7 Å². The lowest BCUT2D eigenvalue weighted by molar-refractivity contribution is -0.121. The second-order valence-corrected chi connectivity index (χ2v) is 8.66. The van der Waals surface area contributed by atoms with Gasteiger partial charge in [-0.25, -0.2) is 0 Å². The number of benzene rings is 3. The number of rotatable bonds is 4. The maximum absolute atomic E-state index is 13.1. The van der Waals surface area contributed by atoms with Crippen LogP contribution in [0.25, 0.3) is 10.8 Å². The van der Waals surface area contributed by atoms with Crippen LogP contribution in [0.3, 0.4) is 0 Å². The van der Waals surface area contributed by atoms with E-state index in [1.807, 2.05) is 68.4 Å². The average molecular weight is 416 g/mol. The minimum atomic E-state index is -0.442. The molecule has 2 aliphatic heterocycles. The van der Waals surface area contributed by atoms with E-state index < -0.39 is 5.60 Å². The highest BCUT2D eigenvalue weighted by Crippen LogP contribution is 2.41. The van der Waals surface area contributed by atoms with Crippen LogP contribution in [0, 0.1) is 0 Å². The fraction of sp³-hybridized carbons (Fsp3) is 0.280. The van der Waals surface area contributed by atoms with Gasteiger partial charge in [-0.1, -0.05) is 24.3 Å². The molecule has 3 aromatic rings. The molecule has 6 nitrogen and oxygen atoms in total. The van der Waals surface area contributed by atoms with Gasteiger partial charge in [-0.2, -0.15) is 0 Å². The quantitative estimate of drug-likeness (QED) is 0.691. The summed E-state index contributed by atoms with van der Waals surface area (Å²) in [5.41, 5.74) is 1.89. The molecule has 0 aromatic heterocycles. The number of anilines is 1. The molecule has 3 aromatic carbocycles. The molecule has 0 saturated heterocycles. The molecule has 5 rings (SSSR count). The van der Waals surface area contributed by atoms with Gasteiger partial charge in [0.05, 0.1) is 18.8 Å². The number of carbonyl (C=O) groups is 2. The number of amides is 2. The fourth-order valence-corrected chi connectivity index (χ4v) is 4.61. The molecule has 31 heavy (non-hydrogen) atoms. The largest absolute Gasteiger partial charge is 0.497 e. The van der Waals surface area contributed by atoms with E-state index in [0.717, 1.165) is 22.0 Å². The van der Waals surface area contributed by atoms with Gasteiger partial charge in [0.15, 0.2) is 0 Å². The predicted molar refractivity (Wildman–Crippen MR) is 119 cm³/mol. The zero-order valence-electron chi connectivity index (χ0n) is 17.8. The van der Waals surface area contributed by atoms with E-state index in [1.165, 1.54) is 0 Å². The van der Waals surface area contributed by atoms with Crippen molar-refractivity contribution in [2.24, 2.45) is 0 Å². The molecule has 1 N–H and O–H groups in total. The summed E-state index contributed by atoms with van der Waals surface area (Å²) in [5, 5.41) is 5.03. The summed E-state index contributed by atoms with van der Waals surface area (Å²) in [6, 6.07) is 16.9. The Balaban J connectivity index is 1.40. The Hall–Kier alpha value is -3.54. The zero-order valence-corrected chi connectivity index (χ0v) is 17.8. The minimum Gasteiger partial charge on any atom is -0.497 e. The van der Waals surface area contributed by atoms with Gasteiger partial charge >= 0.3 is 0 Å². The fourth-order valence-electron chi connectivity index (χ4n) is 4.61. The Bertz CT molecular complexity index is 1210. The van der Waals surface area contributed by atoms with Crippen LogP contribution in [0.2, 0.25) is 0 Å². The molecule has 1 unspecified atom stereocenters. The van der Waals surface area contributed by atoms with Crippen molar-refractivity contribution in [1.82, 2.24) is 5.32 Å². The molecule has 0 saturated carbocycles. The number of carbonyl (C=O) groups excluding carboxylic acids is 2. The monoisotopic (exact) mass is 416 g/mol. The Morgan fingerprint density at radius 3 is 2.74 bits per heavy atom. The van der Waals surface area contributed by atoms with Crippen LogP contribution in [-0.2, 0) is 4.79 Å². The summed E-state index contributed by atoms with van der Waals surface area (Å²) >= 11 is 0. The minimum absolute atomic E-state index is 0.0318. The normalized spacial score (nSPS) is 18.5. The van der Waals surface area contributed by atoms with Crippen LogP contribution < -0.4 is 19.7 Å². The number of fused-ring (bicyclic) bond motifs is 1. The number of hydrogen-bond acceptors (Lipinski definition) is 4. The second kappa shape index (κ2) is 7.01. The van der Waals surface area contributed by atoms with Crippen molar-refractivity contribution in [3.63, 3.8) is 0 Å². The number of nitrogens with one attached hydrogen (secondary N) is 1. The van der Waals surface area contributed by atoms with E-state index in [4.69, 9.17) is 9.47 Å². The molecule has 6 heteroatoms. The van der Waals surface area contributed by atoms with Gasteiger partial charge in [0.25, 0.3) is 5.91 Å². The van der Waals surface area contributed by atoms with E-state index in [1.54, 1.807) is 12.0 Å². The highest BCUT2D eigenvalue weighted by atomic mass is 16.5. The van der Waals surface area contributed by atoms with E-state index in [9.17, 15) is 9.59 Å². The summed E-state index contributed by atoms with van der Waals surface area (Å²) in [6.07, 6.45) is 0.627. The highest BCUT2D eigenvalue weighted by molar-refractivity contribution is 6.26. The zero-order chi connectivity index (χ0) is 21.8. The van der Waals surface area contributed by atoms with Gasteiger partial charge in [0, 0.05) is 29.0 Å². The van der Waals surface area contributed by atoms with Crippen LogP contribution in [-0.4, -0.2) is 31.1 Å². The van der Waals surface area contributed by atoms with Gasteiger partial charge in [0.1, 0.15) is 23.6 Å². The standard InChI is InChI=1S/C25H24N2O4/c1-25(2)13-19(17-11-10-16(30-3)12-21(17)31-25)26-22(28)14-27-20-9-5-7-15-6-4-8-18(23(15)20)24(27)29/h4-12,19H,13-14H2,1-3H3,(H,26,28). The molecule has 0 aliphatic carbocycles. The number of methoxy groups -OCH3 is 1. The Labute approximate surface area is 180 Å². The average Bonchev–Trinajstić information content (AvgIpc) is 3.00. The maximum Gasteiger partial charge on any atom is 0.259 e. The molecule has 0 bridgehead atoms. The van der Waals surface area contributed by atoms with E-state index in [0.29, 0.717) is 23.5 Å². The summed E-state index contributed by atoms with van der Waals surface area (Å²) in [6.45, 7) is 3.96. The van der Waals surface area contributed by atoms with Crippen molar-refractivity contribution in [2.45, 2.75) is 31.9 Å². The Morgan fingerprint density at radius 2 is 1.97 bits per heavy atom. The van der Waals surface area contributed by atoms with E-state index >= 15 is 0 Å². The lowest BCUT2D eigenvalue weighted by Gasteiger charge is -2.38. The summed E-state index contributed by atoms with van der Waals surface area (Å²) in [5.74, 6) is 1.06. The van der Waals surface area contributed by atoms with Crippen LogP contribution in [0.1, 0.15) is 42.2 Å². The SMILES string of the molecule is COc1ccc2c(c1)OC(C)(C)CC2NC(=O)CN1C(=O)c2cccc3cccc1c23. The van der Waals surface area contributed by atoms with E-state index in [-0.39, 0.29) is 24.4 Å². The number of hydrogen-bond donors (Lipinski definition) is 1. The van der Waals surface area contributed by atoms with Crippen LogP contribution >= 0.6 is 0 Å². The van der Waals surface area contributed by atoms with Gasteiger partial charge in [-0.05, 0) is 43.5 Å². The lowest BCUT2D eigenvalue weighted by Crippen LogP contribution is -2.45. The van der Waals surface area contributed by atoms with E-state index in [2.05, 4.69) is 5.32 Å². The Morgan fingerprint density at radius 1 is 1.19 bits per heavy atom. The molecule has 0 fully saturated rings. The maximum atomic E-state index is 13.1. The van der Waals surface area contributed by atoms with Gasteiger partial charge < -0.3 is 14.8 Å². The topological polar surface area (TPSA) is 67.9 Å². The van der Waals surface area contributed by atoms with Gasteiger partial charge in [-0.15, -0.1) is 0 Å². The number of nitrogens with zero attached hydrogens (tertiary/aromatic N) is 1. The molecule has 2 aliphatic rings. The van der Waals surface area contributed by atoms with Gasteiger partial charge in [-0.3, -0.25) is 14.5 Å². The first-order chi connectivity index (χ1) is 14.9. The van der Waals surface area contributed by atoms with Crippen molar-refractivity contribution in [3.8, 4) is 11.5 Å². The first-order valence-corrected chi connectivity index (χ1v) is 10.4. The third-order valence-electron chi connectivity index (χ3n) is 5.96. The molecule has 158 valence electrons. The molecular weight excluding hydrogens is 392 g/mol. The summed E-state index contributed by atoms with van der Waals surface area (Å²) in [4.78, 5) is 27.6. The predicted octanol–water partition coefficient (Wildman–Crippen LogP) is 4.23. The van der Waals surface area contributed by atoms with Crippen LogP contribution in [0.5, 0.6) is 11.5 Å². The van der Waals surface area contributed by atoms with Crippen molar-refractivity contribution >= 4 is 28.3 Å². The molecule has 0 spiro atoms. The molecule has 1 atom stereocenters. The Kier molecular flexibility index (Phi) is 4.39. The van der Waals surface area contributed by atoms with Crippen molar-refractivity contribution < 1.29 is 19.1 Å². The number of ether oxygens (including phenoxy) is 2. The molecular formula is C25H24N2O4. The highest BCUT2D eigenvalue weighted by Gasteiger charge is 2.36. The van der Waals surface area contributed by atoms with Crippen LogP contribution in [0.15, 0.2) is 54.6 Å². The summed E-state index contributed by atoms with van der Waals surface area (Å²) in [7, 11) is 1.61. The molecule has 2 amide bonds. The smallest absolute Gasteiger partial charge is 0.259 e. The van der Waals surface area contributed by atoms with Gasteiger partial charge in [0.2, 0.25) is 5.91 Å².